The summed E-state index contributed by atoms with van der Waals surface area (Å²) in [5.74, 6) is 0. The Labute approximate surface area is 137 Å². The van der Waals surface area contributed by atoms with Crippen LogP contribution < -0.4 is 35.0 Å². The van der Waals surface area contributed by atoms with E-state index in [4.69, 9.17) is 23.2 Å². The number of nitrogens with zero attached hydrogens (tertiary/aromatic N) is 1. The topological polar surface area (TPSA) is 31.2 Å². The molecule has 0 amide bonds. The molecule has 2 nitrogen and oxygen atoms in total. The van der Waals surface area contributed by atoms with Crippen LogP contribution in [0.3, 0.4) is 0 Å². The fraction of sp³-hybridized carbons (Fsp3) is 0. The van der Waals surface area contributed by atoms with Crippen LogP contribution in [0.2, 0.25) is 10.0 Å². The molecule has 0 N–H and O–H groups in total. The van der Waals surface area contributed by atoms with Crippen LogP contribution in [0.4, 0.5) is 11.4 Å². The average Bonchev–Trinajstić information content (AvgIpc) is 2.49. The molecule has 0 saturated carbocycles. The van der Waals surface area contributed by atoms with Crippen molar-refractivity contribution in [1.29, 1.82) is 0 Å². The molecular weight excluding hydrogens is 280 g/mol. The summed E-state index contributed by atoms with van der Waals surface area (Å²) >= 11 is 12.0. The summed E-state index contributed by atoms with van der Waals surface area (Å²) in [7, 11) is 0. The van der Waals surface area contributed by atoms with Crippen molar-refractivity contribution >= 4 is 34.6 Å². The van der Waals surface area contributed by atoms with Gasteiger partial charge in [0.25, 0.3) is 0 Å². The molecule has 0 aliphatic carbocycles. The third-order valence-corrected chi connectivity index (χ3v) is 2.76. The number of para-hydroxylation sites is 1. The molecule has 0 fully saturated rings. The molecule has 0 aliphatic heterocycles. The molecule has 0 bridgehead atoms. The Morgan fingerprint density at radius 1 is 0.833 bits per heavy atom. The van der Waals surface area contributed by atoms with Crippen LogP contribution in [-0.4, -0.2) is 0 Å². The minimum atomic E-state index is -0.175. The van der Waals surface area contributed by atoms with Crippen molar-refractivity contribution in [3.05, 3.63) is 74.1 Å². The van der Waals surface area contributed by atoms with Gasteiger partial charge in [-0.05, 0) is 18.2 Å². The van der Waals surface area contributed by atoms with E-state index in [-0.39, 0.29) is 35.0 Å². The first kappa shape index (κ1) is 15.5. The number of halogens is 2. The first-order valence-electron chi connectivity index (χ1n) is 4.93. The molecule has 0 spiro atoms. The van der Waals surface area contributed by atoms with Crippen LogP contribution >= 0.6 is 23.2 Å². The van der Waals surface area contributed by atoms with Gasteiger partial charge >= 0.3 is 29.6 Å². The summed E-state index contributed by atoms with van der Waals surface area (Å²) < 4.78 is 0. The summed E-state index contributed by atoms with van der Waals surface area (Å²) in [4.78, 5) is 11.7. The summed E-state index contributed by atoms with van der Waals surface area (Å²) in [6.45, 7) is 0. The number of hydrogen-bond donors (Lipinski definition) is 0. The average molecular weight is 288 g/mol. The van der Waals surface area contributed by atoms with Crippen LogP contribution in [0.5, 0.6) is 0 Å². The molecule has 18 heavy (non-hydrogen) atoms. The third-order valence-electron chi connectivity index (χ3n) is 2.15. The zero-order valence-corrected chi connectivity index (χ0v) is 13.2. The smallest absolute Gasteiger partial charge is 0.652 e. The Kier molecular flexibility index (Phi) is 6.19. The number of hydrogen-bond acceptors (Lipinski definition) is 1. The van der Waals surface area contributed by atoms with Crippen molar-refractivity contribution in [2.45, 2.75) is 0 Å². The SMILES string of the molecule is O=c1cccccc1[N-]c1c(Cl)cccc1Cl.[Na+]. The third kappa shape index (κ3) is 3.74. The molecular formula is C13H8Cl2NNaO. The predicted molar refractivity (Wildman–Crippen MR) is 71.9 cm³/mol. The Balaban J connectivity index is 0.00000162. The molecule has 2 aromatic carbocycles. The van der Waals surface area contributed by atoms with Gasteiger partial charge < -0.3 is 5.32 Å². The van der Waals surface area contributed by atoms with E-state index in [1.165, 1.54) is 6.07 Å². The Morgan fingerprint density at radius 3 is 2.11 bits per heavy atom. The first-order chi connectivity index (χ1) is 8.18. The van der Waals surface area contributed by atoms with Gasteiger partial charge in [0.1, 0.15) is 0 Å². The van der Waals surface area contributed by atoms with Gasteiger partial charge in [0, 0.05) is 10.0 Å². The van der Waals surface area contributed by atoms with Gasteiger partial charge in [-0.3, -0.25) is 4.79 Å². The molecule has 5 heteroatoms. The van der Waals surface area contributed by atoms with Crippen molar-refractivity contribution in [2.24, 2.45) is 0 Å². The summed E-state index contributed by atoms with van der Waals surface area (Å²) in [5.41, 5.74) is 0.551. The van der Waals surface area contributed by atoms with Crippen LogP contribution in [0, 0.1) is 0 Å². The molecule has 0 radical (unpaired) electrons. The largest absolute Gasteiger partial charge is 1.00 e. The Hall–Kier alpha value is -0.510. The maximum atomic E-state index is 11.7. The Morgan fingerprint density at radius 2 is 1.44 bits per heavy atom. The zero-order valence-electron chi connectivity index (χ0n) is 9.73. The van der Waals surface area contributed by atoms with E-state index in [0.29, 0.717) is 21.4 Å². The van der Waals surface area contributed by atoms with E-state index in [2.05, 4.69) is 5.32 Å². The van der Waals surface area contributed by atoms with E-state index < -0.39 is 0 Å². The fourth-order valence-electron chi connectivity index (χ4n) is 1.33. The van der Waals surface area contributed by atoms with Gasteiger partial charge in [-0.15, -0.1) is 0 Å². The summed E-state index contributed by atoms with van der Waals surface area (Å²) in [5, 5.41) is 5.04. The van der Waals surface area contributed by atoms with Gasteiger partial charge in [-0.1, -0.05) is 64.9 Å². The second-order valence-electron chi connectivity index (χ2n) is 3.34. The monoisotopic (exact) mass is 287 g/mol. The second kappa shape index (κ2) is 7.17. The van der Waals surface area contributed by atoms with E-state index >= 15 is 0 Å². The van der Waals surface area contributed by atoms with E-state index in [9.17, 15) is 4.79 Å². The molecule has 0 saturated heterocycles. The quantitative estimate of drug-likeness (QED) is 0.774. The molecule has 86 valence electrons. The molecule has 0 unspecified atom stereocenters. The van der Waals surface area contributed by atoms with Crippen molar-refractivity contribution in [1.82, 2.24) is 0 Å². The maximum Gasteiger partial charge on any atom is 1.00 e. The van der Waals surface area contributed by atoms with Crippen LogP contribution in [0.1, 0.15) is 0 Å². The minimum Gasteiger partial charge on any atom is -0.652 e. The Bertz CT molecular complexity index is 584. The predicted octanol–water partition coefficient (Wildman–Crippen LogP) is 1.69. The zero-order chi connectivity index (χ0) is 12.3. The van der Waals surface area contributed by atoms with Gasteiger partial charge in [-0.25, -0.2) is 0 Å². The van der Waals surface area contributed by atoms with Crippen molar-refractivity contribution in [2.75, 3.05) is 0 Å². The summed E-state index contributed by atoms with van der Waals surface area (Å²) in [6, 6.07) is 13.3. The molecule has 2 aromatic rings. The van der Waals surface area contributed by atoms with E-state index in [1.807, 2.05) is 0 Å². The fourth-order valence-corrected chi connectivity index (χ4v) is 1.81. The van der Waals surface area contributed by atoms with Crippen molar-refractivity contribution in [3.8, 4) is 0 Å². The first-order valence-corrected chi connectivity index (χ1v) is 5.69. The van der Waals surface area contributed by atoms with Gasteiger partial charge in [-0.2, -0.15) is 0 Å². The molecule has 0 heterocycles. The normalized spacial score (nSPS) is 9.44. The maximum absolute atomic E-state index is 11.7. The van der Waals surface area contributed by atoms with Crippen LogP contribution in [0.15, 0.2) is 53.3 Å². The van der Waals surface area contributed by atoms with E-state index in [1.54, 1.807) is 42.5 Å². The molecule has 0 atom stereocenters. The van der Waals surface area contributed by atoms with E-state index in [0.717, 1.165) is 0 Å². The second-order valence-corrected chi connectivity index (χ2v) is 4.16. The number of rotatable bonds is 2. The summed E-state index contributed by atoms with van der Waals surface area (Å²) in [6.07, 6.45) is 0. The molecule has 2 rings (SSSR count). The minimum absolute atomic E-state index is 0. The molecule has 0 aliphatic rings. The number of benzene rings is 1. The standard InChI is InChI=1S/C13H9Cl2NO.Na/c14-9-5-4-6-10(15)13(9)16-11-7-2-1-3-8-12(11)17;/h1-8H,(H,16,17);/q;+1/p-1. The van der Waals surface area contributed by atoms with Crippen molar-refractivity contribution < 1.29 is 29.6 Å². The van der Waals surface area contributed by atoms with Gasteiger partial charge in [0.2, 0.25) is 0 Å². The van der Waals surface area contributed by atoms with Crippen molar-refractivity contribution in [3.63, 3.8) is 0 Å². The molecule has 0 aromatic heterocycles. The van der Waals surface area contributed by atoms with Crippen LogP contribution in [-0.2, 0) is 0 Å². The van der Waals surface area contributed by atoms with Gasteiger partial charge in [0.15, 0.2) is 5.43 Å². The van der Waals surface area contributed by atoms with Crippen LogP contribution in [0.25, 0.3) is 5.32 Å². The van der Waals surface area contributed by atoms with Gasteiger partial charge in [0.05, 0.1) is 0 Å².